The van der Waals surface area contributed by atoms with Crippen molar-refractivity contribution in [2.24, 2.45) is 0 Å². The van der Waals surface area contributed by atoms with Gasteiger partial charge in [-0.2, -0.15) is 0 Å². The van der Waals surface area contributed by atoms with Crippen LogP contribution in [0.15, 0.2) is 29.2 Å². The van der Waals surface area contributed by atoms with E-state index < -0.39 is 0 Å². The summed E-state index contributed by atoms with van der Waals surface area (Å²) in [6, 6.07) is 7.40. The van der Waals surface area contributed by atoms with Gasteiger partial charge >= 0.3 is 5.97 Å². The molecule has 15 heavy (non-hydrogen) atoms. The molecule has 0 heterocycles. The van der Waals surface area contributed by atoms with Gasteiger partial charge in [-0.1, -0.05) is 11.6 Å². The molecular formula is C11H13ClO2S. The van der Waals surface area contributed by atoms with Crippen molar-refractivity contribution in [3.63, 3.8) is 0 Å². The van der Waals surface area contributed by atoms with Crippen molar-refractivity contribution in [3.05, 3.63) is 29.3 Å². The van der Waals surface area contributed by atoms with Gasteiger partial charge in [0.15, 0.2) is 0 Å². The highest BCUT2D eigenvalue weighted by Crippen LogP contribution is 2.25. The maximum absolute atomic E-state index is 11.3. The molecule has 0 aliphatic carbocycles. The Morgan fingerprint density at radius 3 is 2.60 bits per heavy atom. The van der Waals surface area contributed by atoms with Crippen LogP contribution in [0, 0.1) is 0 Å². The second-order valence-corrected chi connectivity index (χ2v) is 4.82. The largest absolute Gasteiger partial charge is 0.465 e. The molecule has 2 nitrogen and oxygen atoms in total. The Bertz CT molecular complexity index is 324. The average molecular weight is 245 g/mol. The molecule has 1 aromatic carbocycles. The lowest BCUT2D eigenvalue weighted by Gasteiger charge is -2.09. The van der Waals surface area contributed by atoms with Crippen LogP contribution < -0.4 is 0 Å². The predicted molar refractivity (Wildman–Crippen MR) is 63.4 cm³/mol. The van der Waals surface area contributed by atoms with E-state index in [1.807, 2.05) is 31.2 Å². The maximum Gasteiger partial charge on any atom is 0.319 e. The van der Waals surface area contributed by atoms with Crippen molar-refractivity contribution in [3.8, 4) is 0 Å². The summed E-state index contributed by atoms with van der Waals surface area (Å²) in [5.41, 5.74) is 0. The highest BCUT2D eigenvalue weighted by atomic mass is 35.5. The van der Waals surface area contributed by atoms with E-state index in [1.165, 1.54) is 11.8 Å². The Hall–Kier alpha value is -0.670. The highest BCUT2D eigenvalue weighted by molar-refractivity contribution is 8.00. The molecule has 1 atom stereocenters. The molecule has 0 bridgehead atoms. The van der Waals surface area contributed by atoms with Crippen LogP contribution in [0.5, 0.6) is 0 Å². The number of carbonyl (C=O) groups is 1. The molecule has 0 saturated carbocycles. The first kappa shape index (κ1) is 12.4. The summed E-state index contributed by atoms with van der Waals surface area (Å²) in [6.45, 7) is 4.05. The Morgan fingerprint density at radius 1 is 1.47 bits per heavy atom. The molecule has 1 aromatic rings. The zero-order chi connectivity index (χ0) is 11.3. The number of esters is 1. The molecular weight excluding hydrogens is 232 g/mol. The predicted octanol–water partition coefficient (Wildman–Crippen LogP) is 3.38. The van der Waals surface area contributed by atoms with Crippen molar-refractivity contribution in [1.82, 2.24) is 0 Å². The molecule has 1 unspecified atom stereocenters. The van der Waals surface area contributed by atoms with Crippen molar-refractivity contribution < 1.29 is 9.53 Å². The number of hydrogen-bond donors (Lipinski definition) is 0. The SMILES string of the molecule is CCOC(=O)C(C)Sc1ccc(Cl)cc1. The van der Waals surface area contributed by atoms with Gasteiger partial charge in [-0.05, 0) is 38.1 Å². The fourth-order valence-corrected chi connectivity index (χ4v) is 2.02. The van der Waals surface area contributed by atoms with E-state index in [-0.39, 0.29) is 11.2 Å². The number of hydrogen-bond acceptors (Lipinski definition) is 3. The van der Waals surface area contributed by atoms with Crippen LogP contribution in [0.4, 0.5) is 0 Å². The van der Waals surface area contributed by atoms with E-state index in [4.69, 9.17) is 16.3 Å². The summed E-state index contributed by atoms with van der Waals surface area (Å²) in [5, 5.41) is 0.509. The first-order chi connectivity index (χ1) is 7.13. The Kier molecular flexibility index (Phi) is 4.99. The van der Waals surface area contributed by atoms with E-state index in [1.54, 1.807) is 6.92 Å². The van der Waals surface area contributed by atoms with Crippen LogP contribution in [0.25, 0.3) is 0 Å². The van der Waals surface area contributed by atoms with Gasteiger partial charge in [0.1, 0.15) is 5.25 Å². The first-order valence-corrected chi connectivity index (χ1v) is 5.98. The minimum atomic E-state index is -0.189. The van der Waals surface area contributed by atoms with Crippen molar-refractivity contribution in [1.29, 1.82) is 0 Å². The standard InChI is InChI=1S/C11H13ClO2S/c1-3-14-11(13)8(2)15-10-6-4-9(12)5-7-10/h4-8H,3H2,1-2H3. The quantitative estimate of drug-likeness (QED) is 0.600. The Morgan fingerprint density at radius 2 is 2.07 bits per heavy atom. The first-order valence-electron chi connectivity index (χ1n) is 4.72. The molecule has 0 aliphatic rings. The molecule has 4 heteroatoms. The van der Waals surface area contributed by atoms with Gasteiger partial charge in [-0.3, -0.25) is 4.79 Å². The summed E-state index contributed by atoms with van der Waals surface area (Å²) in [7, 11) is 0. The summed E-state index contributed by atoms with van der Waals surface area (Å²) < 4.78 is 4.91. The lowest BCUT2D eigenvalue weighted by atomic mass is 10.4. The lowest BCUT2D eigenvalue weighted by Crippen LogP contribution is -2.16. The third-order valence-corrected chi connectivity index (χ3v) is 3.09. The van der Waals surface area contributed by atoms with Crippen LogP contribution in [0.3, 0.4) is 0 Å². The summed E-state index contributed by atoms with van der Waals surface area (Å²) >= 11 is 7.23. The molecule has 0 saturated heterocycles. The fraction of sp³-hybridized carbons (Fsp3) is 0.364. The van der Waals surface area contributed by atoms with E-state index >= 15 is 0 Å². The molecule has 0 amide bonds. The van der Waals surface area contributed by atoms with E-state index in [0.29, 0.717) is 11.6 Å². The van der Waals surface area contributed by atoms with Crippen LogP contribution >= 0.6 is 23.4 Å². The minimum Gasteiger partial charge on any atom is -0.465 e. The Balaban J connectivity index is 2.54. The van der Waals surface area contributed by atoms with Crippen LogP contribution in [0.2, 0.25) is 5.02 Å². The number of carbonyl (C=O) groups excluding carboxylic acids is 1. The molecule has 82 valence electrons. The van der Waals surface area contributed by atoms with Crippen LogP contribution in [0.1, 0.15) is 13.8 Å². The van der Waals surface area contributed by atoms with Crippen LogP contribution in [-0.2, 0) is 9.53 Å². The number of rotatable bonds is 4. The summed E-state index contributed by atoms with van der Waals surface area (Å²) in [6.07, 6.45) is 0. The maximum atomic E-state index is 11.3. The number of halogens is 1. The van der Waals surface area contributed by atoms with E-state index in [9.17, 15) is 4.79 Å². The molecule has 1 rings (SSSR count). The summed E-state index contributed by atoms with van der Waals surface area (Å²) in [5.74, 6) is -0.183. The monoisotopic (exact) mass is 244 g/mol. The molecule has 0 aromatic heterocycles. The van der Waals surface area contributed by atoms with Crippen LogP contribution in [-0.4, -0.2) is 17.8 Å². The van der Waals surface area contributed by atoms with E-state index in [0.717, 1.165) is 4.90 Å². The highest BCUT2D eigenvalue weighted by Gasteiger charge is 2.14. The zero-order valence-electron chi connectivity index (χ0n) is 8.70. The van der Waals surface area contributed by atoms with Crippen molar-refractivity contribution >= 4 is 29.3 Å². The van der Waals surface area contributed by atoms with Gasteiger partial charge in [0.2, 0.25) is 0 Å². The molecule has 0 aliphatic heterocycles. The van der Waals surface area contributed by atoms with Gasteiger partial charge in [0.05, 0.1) is 6.61 Å². The van der Waals surface area contributed by atoms with E-state index in [2.05, 4.69) is 0 Å². The zero-order valence-corrected chi connectivity index (χ0v) is 10.3. The lowest BCUT2D eigenvalue weighted by molar-refractivity contribution is -0.142. The Labute approximate surface area is 99.0 Å². The summed E-state index contributed by atoms with van der Waals surface area (Å²) in [4.78, 5) is 12.4. The number of benzene rings is 1. The number of thioether (sulfide) groups is 1. The van der Waals surface area contributed by atoms with Gasteiger partial charge in [0, 0.05) is 9.92 Å². The van der Waals surface area contributed by atoms with Gasteiger partial charge in [-0.15, -0.1) is 11.8 Å². The second kappa shape index (κ2) is 6.03. The minimum absolute atomic E-state index is 0.183. The molecule has 0 spiro atoms. The molecule has 0 N–H and O–H groups in total. The molecule has 0 radical (unpaired) electrons. The van der Waals surface area contributed by atoms with Gasteiger partial charge < -0.3 is 4.74 Å². The van der Waals surface area contributed by atoms with Gasteiger partial charge in [0.25, 0.3) is 0 Å². The fourth-order valence-electron chi connectivity index (χ4n) is 1.03. The molecule has 0 fully saturated rings. The van der Waals surface area contributed by atoms with Crippen molar-refractivity contribution in [2.45, 2.75) is 24.0 Å². The third kappa shape index (κ3) is 4.14. The normalized spacial score (nSPS) is 12.2. The van der Waals surface area contributed by atoms with Crippen molar-refractivity contribution in [2.75, 3.05) is 6.61 Å². The second-order valence-electron chi connectivity index (χ2n) is 2.97. The third-order valence-electron chi connectivity index (χ3n) is 1.75. The van der Waals surface area contributed by atoms with Gasteiger partial charge in [-0.25, -0.2) is 0 Å². The smallest absolute Gasteiger partial charge is 0.319 e. The number of ether oxygens (including phenoxy) is 1. The average Bonchev–Trinajstić information content (AvgIpc) is 2.22. The topological polar surface area (TPSA) is 26.3 Å².